The highest BCUT2D eigenvalue weighted by Crippen LogP contribution is 2.29. The van der Waals surface area contributed by atoms with Crippen LogP contribution in [0.3, 0.4) is 0 Å². The molecule has 102 valence electrons. The first-order valence-corrected chi connectivity index (χ1v) is 7.51. The number of benzene rings is 1. The number of hydrogen-bond acceptors (Lipinski definition) is 2. The number of aldehydes is 1. The number of nitriles is 1. The maximum absolute atomic E-state index is 10.9. The largest absolute Gasteiger partial charge is 0.302 e. The molecule has 0 aliphatic rings. The normalized spacial score (nSPS) is 12.8. The van der Waals surface area contributed by atoms with Gasteiger partial charge in [-0.2, -0.15) is 5.26 Å². The number of rotatable bonds is 6. The predicted molar refractivity (Wildman–Crippen MR) is 81.4 cm³/mol. The number of unbranched alkanes of at least 4 members (excludes halogenated alkanes) is 1. The van der Waals surface area contributed by atoms with E-state index >= 15 is 0 Å². The molecule has 2 nitrogen and oxygen atoms in total. The molecule has 19 heavy (non-hydrogen) atoms. The minimum Gasteiger partial charge on any atom is -0.302 e. The Labute approximate surface area is 124 Å². The Kier molecular flexibility index (Phi) is 5.75. The molecule has 1 aromatic carbocycles. The molecule has 1 atom stereocenters. The van der Waals surface area contributed by atoms with E-state index in [0.717, 1.165) is 36.7 Å². The number of hydrogen-bond donors (Lipinski definition) is 0. The Morgan fingerprint density at radius 2 is 2.11 bits per heavy atom. The van der Waals surface area contributed by atoms with E-state index < -0.39 is 5.41 Å². The summed E-state index contributed by atoms with van der Waals surface area (Å²) in [5.74, 6) is 0. The summed E-state index contributed by atoms with van der Waals surface area (Å²) in [7, 11) is 0. The van der Waals surface area contributed by atoms with Crippen LogP contribution in [0, 0.1) is 11.3 Å². The predicted octanol–water partition coefficient (Wildman–Crippen LogP) is 4.47. The molecular weight excluding hydrogens is 302 g/mol. The van der Waals surface area contributed by atoms with E-state index in [4.69, 9.17) is 0 Å². The Morgan fingerprint density at radius 1 is 1.42 bits per heavy atom. The van der Waals surface area contributed by atoms with E-state index in [-0.39, 0.29) is 4.83 Å². The second-order valence-electron chi connectivity index (χ2n) is 5.34. The highest BCUT2D eigenvalue weighted by atomic mass is 79.9. The Balaban J connectivity index is 3.24. The van der Waals surface area contributed by atoms with Gasteiger partial charge >= 0.3 is 0 Å². The second kappa shape index (κ2) is 6.86. The summed E-state index contributed by atoms with van der Waals surface area (Å²) in [6.45, 7) is 5.96. The molecule has 0 fully saturated rings. The average molecular weight is 322 g/mol. The van der Waals surface area contributed by atoms with Crippen molar-refractivity contribution in [3.63, 3.8) is 0 Å². The molecule has 1 unspecified atom stereocenters. The van der Waals surface area contributed by atoms with Gasteiger partial charge in [0.05, 0.1) is 16.3 Å². The maximum Gasteiger partial charge on any atom is 0.138 e. The fourth-order valence-electron chi connectivity index (χ4n) is 1.91. The molecule has 0 saturated carbocycles. The number of carbonyl (C=O) groups is 1. The van der Waals surface area contributed by atoms with E-state index in [9.17, 15) is 10.1 Å². The fraction of sp³-hybridized carbons (Fsp3) is 0.500. The van der Waals surface area contributed by atoms with Crippen LogP contribution in [0.2, 0.25) is 0 Å². The third-order valence-corrected chi connectivity index (χ3v) is 4.02. The van der Waals surface area contributed by atoms with Crippen molar-refractivity contribution in [2.45, 2.75) is 50.3 Å². The Morgan fingerprint density at radius 3 is 2.63 bits per heavy atom. The molecule has 0 saturated heterocycles. The van der Waals surface area contributed by atoms with Crippen LogP contribution in [0.25, 0.3) is 0 Å². The quantitative estimate of drug-likeness (QED) is 0.573. The molecular formula is C16H20BrNO. The van der Waals surface area contributed by atoms with E-state index in [1.54, 1.807) is 0 Å². The molecule has 0 aliphatic heterocycles. The van der Waals surface area contributed by atoms with Crippen molar-refractivity contribution in [3.8, 4) is 6.07 Å². The molecule has 0 bridgehead atoms. The first kappa shape index (κ1) is 15.9. The topological polar surface area (TPSA) is 40.9 Å². The summed E-state index contributed by atoms with van der Waals surface area (Å²) < 4.78 is 0. The van der Waals surface area contributed by atoms with Gasteiger partial charge < -0.3 is 4.79 Å². The summed E-state index contributed by atoms with van der Waals surface area (Å²) in [6, 6.07) is 8.42. The van der Waals surface area contributed by atoms with Crippen molar-refractivity contribution in [1.82, 2.24) is 0 Å². The lowest BCUT2D eigenvalue weighted by atomic mass is 9.83. The third-order valence-electron chi connectivity index (χ3n) is 3.27. The van der Waals surface area contributed by atoms with Gasteiger partial charge in [0.15, 0.2) is 0 Å². The minimum atomic E-state index is -0.535. The average Bonchev–Trinajstić information content (AvgIpc) is 2.43. The number of nitrogens with zero attached hydrogens (tertiary/aromatic N) is 1. The molecule has 0 heterocycles. The van der Waals surface area contributed by atoms with Crippen molar-refractivity contribution in [1.29, 1.82) is 5.26 Å². The maximum atomic E-state index is 10.9. The lowest BCUT2D eigenvalue weighted by molar-refractivity contribution is -0.107. The van der Waals surface area contributed by atoms with Gasteiger partial charge in [0.2, 0.25) is 0 Å². The summed E-state index contributed by atoms with van der Waals surface area (Å²) >= 11 is 3.36. The molecule has 1 aromatic rings. The molecule has 0 aromatic heterocycles. The van der Waals surface area contributed by atoms with Crippen molar-refractivity contribution in [2.24, 2.45) is 0 Å². The number of carbonyl (C=O) groups excluding carboxylic acids is 1. The summed E-state index contributed by atoms with van der Waals surface area (Å²) in [5.41, 5.74) is 2.57. The van der Waals surface area contributed by atoms with Crippen LogP contribution < -0.4 is 0 Å². The van der Waals surface area contributed by atoms with Crippen LogP contribution in [-0.2, 0) is 16.6 Å². The van der Waals surface area contributed by atoms with Crippen molar-refractivity contribution < 1.29 is 4.79 Å². The Bertz CT molecular complexity index is 488. The van der Waals surface area contributed by atoms with Crippen molar-refractivity contribution in [3.05, 3.63) is 34.9 Å². The van der Waals surface area contributed by atoms with Gasteiger partial charge in [-0.3, -0.25) is 0 Å². The van der Waals surface area contributed by atoms with Gasteiger partial charge in [0, 0.05) is 0 Å². The van der Waals surface area contributed by atoms with Gasteiger partial charge in [-0.05, 0) is 43.4 Å². The van der Waals surface area contributed by atoms with E-state index in [0.29, 0.717) is 0 Å². The highest BCUT2D eigenvalue weighted by molar-refractivity contribution is 9.09. The lowest BCUT2D eigenvalue weighted by Crippen LogP contribution is -2.15. The van der Waals surface area contributed by atoms with E-state index in [1.165, 1.54) is 5.56 Å². The monoisotopic (exact) mass is 321 g/mol. The van der Waals surface area contributed by atoms with Crippen LogP contribution in [0.15, 0.2) is 18.2 Å². The zero-order valence-corrected chi connectivity index (χ0v) is 13.3. The van der Waals surface area contributed by atoms with E-state index in [1.807, 2.05) is 19.9 Å². The number of halogens is 1. The molecule has 0 aliphatic carbocycles. The zero-order chi connectivity index (χ0) is 14.5. The lowest BCUT2D eigenvalue weighted by Gasteiger charge is -2.19. The summed E-state index contributed by atoms with van der Waals surface area (Å²) in [5, 5.41) is 9.27. The van der Waals surface area contributed by atoms with Gasteiger partial charge in [-0.15, -0.1) is 0 Å². The molecule has 0 amide bonds. The summed E-state index contributed by atoms with van der Waals surface area (Å²) in [4.78, 5) is 10.6. The van der Waals surface area contributed by atoms with Gasteiger partial charge in [-0.1, -0.05) is 47.5 Å². The smallest absolute Gasteiger partial charge is 0.138 e. The number of aryl methyl sites for hydroxylation is 1. The third kappa shape index (κ3) is 4.18. The second-order valence-corrected chi connectivity index (χ2v) is 6.33. The van der Waals surface area contributed by atoms with Crippen LogP contribution >= 0.6 is 15.9 Å². The van der Waals surface area contributed by atoms with E-state index in [2.05, 4.69) is 41.1 Å². The minimum absolute atomic E-state index is 0.303. The first-order valence-electron chi connectivity index (χ1n) is 6.59. The van der Waals surface area contributed by atoms with Gasteiger partial charge in [0.25, 0.3) is 0 Å². The first-order chi connectivity index (χ1) is 8.94. The standard InChI is InChI=1S/C16H20BrNO/c1-4-5-6-12-7-13(15(17)10-19)9-14(8-12)16(2,3)11-18/h7-10,15H,4-6H2,1-3H3. The zero-order valence-electron chi connectivity index (χ0n) is 11.7. The highest BCUT2D eigenvalue weighted by Gasteiger charge is 2.22. The van der Waals surface area contributed by atoms with Crippen LogP contribution in [0.5, 0.6) is 0 Å². The SMILES string of the molecule is CCCCc1cc(C(Br)C=O)cc(C(C)(C)C#N)c1. The van der Waals surface area contributed by atoms with Crippen LogP contribution in [0.4, 0.5) is 0 Å². The van der Waals surface area contributed by atoms with Crippen LogP contribution in [0.1, 0.15) is 55.1 Å². The van der Waals surface area contributed by atoms with Crippen molar-refractivity contribution in [2.75, 3.05) is 0 Å². The fourth-order valence-corrected chi connectivity index (χ4v) is 2.17. The summed E-state index contributed by atoms with van der Waals surface area (Å²) in [6.07, 6.45) is 4.11. The molecule has 0 spiro atoms. The molecule has 0 radical (unpaired) electrons. The van der Waals surface area contributed by atoms with Gasteiger partial charge in [-0.25, -0.2) is 0 Å². The molecule has 3 heteroatoms. The molecule has 1 rings (SSSR count). The van der Waals surface area contributed by atoms with Crippen molar-refractivity contribution >= 4 is 22.2 Å². The van der Waals surface area contributed by atoms with Crippen LogP contribution in [-0.4, -0.2) is 6.29 Å². The molecule has 0 N–H and O–H groups in total. The van der Waals surface area contributed by atoms with Gasteiger partial charge in [0.1, 0.15) is 6.29 Å². The Hall–Kier alpha value is -1.14. The number of alkyl halides is 1.